The number of rotatable bonds is 7. The minimum Gasteiger partial charge on any atom is -0.481 e. The van der Waals surface area contributed by atoms with Crippen molar-refractivity contribution >= 4 is 5.91 Å². The first-order chi connectivity index (χ1) is 11.1. The Hall–Kier alpha value is -2.29. The van der Waals surface area contributed by atoms with Gasteiger partial charge in [0.15, 0.2) is 6.10 Å². The highest BCUT2D eigenvalue weighted by Gasteiger charge is 2.18. The van der Waals surface area contributed by atoms with Crippen molar-refractivity contribution in [3.05, 3.63) is 65.2 Å². The van der Waals surface area contributed by atoms with E-state index in [0.29, 0.717) is 13.0 Å². The van der Waals surface area contributed by atoms with Gasteiger partial charge in [0, 0.05) is 6.54 Å². The summed E-state index contributed by atoms with van der Waals surface area (Å²) in [6, 6.07) is 16.0. The molecule has 1 amide bonds. The molecule has 0 spiro atoms. The fourth-order valence-electron chi connectivity index (χ4n) is 2.39. The summed E-state index contributed by atoms with van der Waals surface area (Å²) in [6.07, 6.45) is 1.16. The van der Waals surface area contributed by atoms with E-state index in [-0.39, 0.29) is 5.91 Å². The van der Waals surface area contributed by atoms with Crippen molar-refractivity contribution in [1.29, 1.82) is 0 Å². The average Bonchev–Trinajstić information content (AvgIpc) is 2.59. The highest BCUT2D eigenvalue weighted by atomic mass is 16.5. The number of carbonyl (C=O) groups excluding carboxylic acids is 1. The van der Waals surface area contributed by atoms with Crippen molar-refractivity contribution in [1.82, 2.24) is 5.32 Å². The van der Waals surface area contributed by atoms with Crippen LogP contribution in [0.2, 0.25) is 0 Å². The molecular weight excluding hydrogens is 286 g/mol. The van der Waals surface area contributed by atoms with E-state index in [9.17, 15) is 4.79 Å². The molecule has 122 valence electrons. The van der Waals surface area contributed by atoms with Gasteiger partial charge in [0.25, 0.3) is 5.91 Å². The first kappa shape index (κ1) is 17.1. The molecule has 0 aliphatic heterocycles. The van der Waals surface area contributed by atoms with Crippen LogP contribution < -0.4 is 10.1 Å². The second kappa shape index (κ2) is 8.37. The fourth-order valence-corrected chi connectivity index (χ4v) is 2.39. The molecule has 0 heterocycles. The van der Waals surface area contributed by atoms with Gasteiger partial charge < -0.3 is 10.1 Å². The molecule has 2 aromatic rings. The zero-order valence-electron chi connectivity index (χ0n) is 14.1. The lowest BCUT2D eigenvalue weighted by Gasteiger charge is -2.18. The maximum absolute atomic E-state index is 12.4. The maximum Gasteiger partial charge on any atom is 0.261 e. The molecule has 0 radical (unpaired) electrons. The van der Waals surface area contributed by atoms with E-state index < -0.39 is 6.10 Å². The molecule has 0 saturated heterocycles. The molecule has 0 bridgehead atoms. The number of nitrogens with one attached hydrogen (secondary N) is 1. The minimum absolute atomic E-state index is 0.0738. The van der Waals surface area contributed by atoms with Crippen LogP contribution in [0.5, 0.6) is 5.75 Å². The van der Waals surface area contributed by atoms with E-state index in [4.69, 9.17) is 4.74 Å². The summed E-state index contributed by atoms with van der Waals surface area (Å²) in [7, 11) is 0. The summed E-state index contributed by atoms with van der Waals surface area (Å²) >= 11 is 0. The molecule has 0 aromatic heterocycles. The van der Waals surface area contributed by atoms with Gasteiger partial charge >= 0.3 is 0 Å². The zero-order valence-corrected chi connectivity index (χ0v) is 14.1. The Morgan fingerprint density at radius 1 is 1.09 bits per heavy atom. The third kappa shape index (κ3) is 4.85. The Labute approximate surface area is 138 Å². The molecule has 2 aromatic carbocycles. The summed E-state index contributed by atoms with van der Waals surface area (Å²) in [5.74, 6) is 0.662. The van der Waals surface area contributed by atoms with Gasteiger partial charge in [0.2, 0.25) is 0 Å². The molecule has 23 heavy (non-hydrogen) atoms. The van der Waals surface area contributed by atoms with Crippen LogP contribution in [0.25, 0.3) is 0 Å². The predicted molar refractivity (Wildman–Crippen MR) is 93.6 cm³/mol. The Kier molecular flexibility index (Phi) is 6.21. The number of ether oxygens (including phenoxy) is 1. The lowest BCUT2D eigenvalue weighted by molar-refractivity contribution is -0.128. The summed E-state index contributed by atoms with van der Waals surface area (Å²) < 4.78 is 5.83. The van der Waals surface area contributed by atoms with Crippen LogP contribution in [-0.4, -0.2) is 12.0 Å². The normalized spacial score (nSPS) is 11.8. The first-order valence-electron chi connectivity index (χ1n) is 8.21. The second-order valence-corrected chi connectivity index (χ2v) is 5.66. The third-order valence-corrected chi connectivity index (χ3v) is 3.99. The number of aryl methyl sites for hydroxylation is 2. The summed E-state index contributed by atoms with van der Waals surface area (Å²) in [6.45, 7) is 6.65. The molecule has 0 aliphatic carbocycles. The lowest BCUT2D eigenvalue weighted by atomic mass is 10.1. The summed E-state index contributed by atoms with van der Waals surface area (Å²) in [5.41, 5.74) is 3.56. The highest BCUT2D eigenvalue weighted by Crippen LogP contribution is 2.16. The van der Waals surface area contributed by atoms with Gasteiger partial charge in [0.1, 0.15) is 5.75 Å². The standard InChI is InChI=1S/C20H25NO2/c1-4-16-10-12-18(13-11-16)23-19(5-2)20(22)21-14-17-9-7-6-8-15(17)3/h6-13,19H,4-5,14H2,1-3H3,(H,21,22)/t19-/m0/s1. The van der Waals surface area contributed by atoms with Crippen LogP contribution in [-0.2, 0) is 17.8 Å². The van der Waals surface area contributed by atoms with Gasteiger partial charge in [-0.1, -0.05) is 50.2 Å². The number of benzene rings is 2. The number of hydrogen-bond donors (Lipinski definition) is 1. The Bertz CT molecular complexity index is 634. The van der Waals surface area contributed by atoms with Crippen LogP contribution in [0.1, 0.15) is 37.0 Å². The van der Waals surface area contributed by atoms with E-state index in [0.717, 1.165) is 17.7 Å². The van der Waals surface area contributed by atoms with E-state index in [1.54, 1.807) is 0 Å². The van der Waals surface area contributed by atoms with Gasteiger partial charge in [-0.05, 0) is 48.6 Å². The second-order valence-electron chi connectivity index (χ2n) is 5.66. The third-order valence-electron chi connectivity index (χ3n) is 3.99. The van der Waals surface area contributed by atoms with E-state index in [1.807, 2.05) is 62.4 Å². The topological polar surface area (TPSA) is 38.3 Å². The van der Waals surface area contributed by atoms with Crippen LogP contribution in [0.4, 0.5) is 0 Å². The molecule has 0 aliphatic rings. The van der Waals surface area contributed by atoms with Gasteiger partial charge in [-0.3, -0.25) is 4.79 Å². The van der Waals surface area contributed by atoms with Crippen LogP contribution in [0.15, 0.2) is 48.5 Å². The summed E-state index contributed by atoms with van der Waals surface area (Å²) in [4.78, 5) is 12.4. The SMILES string of the molecule is CCc1ccc(O[C@@H](CC)C(=O)NCc2ccccc2C)cc1. The smallest absolute Gasteiger partial charge is 0.261 e. The number of amides is 1. The fraction of sp³-hybridized carbons (Fsp3) is 0.350. The molecule has 1 atom stereocenters. The molecule has 3 nitrogen and oxygen atoms in total. The Balaban J connectivity index is 1.94. The quantitative estimate of drug-likeness (QED) is 0.838. The lowest BCUT2D eigenvalue weighted by Crippen LogP contribution is -2.37. The molecule has 2 rings (SSSR count). The van der Waals surface area contributed by atoms with Crippen molar-refractivity contribution in [2.75, 3.05) is 0 Å². The van der Waals surface area contributed by atoms with Crippen molar-refractivity contribution < 1.29 is 9.53 Å². The first-order valence-corrected chi connectivity index (χ1v) is 8.21. The molecule has 0 unspecified atom stereocenters. The van der Waals surface area contributed by atoms with E-state index >= 15 is 0 Å². The van der Waals surface area contributed by atoms with Gasteiger partial charge in [-0.25, -0.2) is 0 Å². The molecule has 0 saturated carbocycles. The van der Waals surface area contributed by atoms with Gasteiger partial charge in [0.05, 0.1) is 0 Å². The van der Waals surface area contributed by atoms with Crippen LogP contribution in [0.3, 0.4) is 0 Å². The molecule has 3 heteroatoms. The molecule has 0 fully saturated rings. The number of hydrogen-bond acceptors (Lipinski definition) is 2. The predicted octanol–water partition coefficient (Wildman–Crippen LogP) is 4.03. The van der Waals surface area contributed by atoms with Crippen LogP contribution in [0, 0.1) is 6.92 Å². The summed E-state index contributed by atoms with van der Waals surface area (Å²) in [5, 5.41) is 2.97. The molecule has 1 N–H and O–H groups in total. The molecular formula is C20H25NO2. The van der Waals surface area contributed by atoms with Crippen LogP contribution >= 0.6 is 0 Å². The maximum atomic E-state index is 12.4. The zero-order chi connectivity index (χ0) is 16.7. The van der Waals surface area contributed by atoms with Crippen molar-refractivity contribution in [3.63, 3.8) is 0 Å². The highest BCUT2D eigenvalue weighted by molar-refractivity contribution is 5.81. The Morgan fingerprint density at radius 3 is 2.39 bits per heavy atom. The van der Waals surface area contributed by atoms with E-state index in [2.05, 4.69) is 12.2 Å². The minimum atomic E-state index is -0.466. The van der Waals surface area contributed by atoms with Gasteiger partial charge in [-0.2, -0.15) is 0 Å². The monoisotopic (exact) mass is 311 g/mol. The largest absolute Gasteiger partial charge is 0.481 e. The van der Waals surface area contributed by atoms with Crippen molar-refractivity contribution in [2.24, 2.45) is 0 Å². The van der Waals surface area contributed by atoms with Crippen molar-refractivity contribution in [2.45, 2.75) is 46.3 Å². The Morgan fingerprint density at radius 2 is 1.78 bits per heavy atom. The van der Waals surface area contributed by atoms with E-state index in [1.165, 1.54) is 11.1 Å². The van der Waals surface area contributed by atoms with Crippen molar-refractivity contribution in [3.8, 4) is 5.75 Å². The van der Waals surface area contributed by atoms with Gasteiger partial charge in [-0.15, -0.1) is 0 Å². The average molecular weight is 311 g/mol. The number of carbonyl (C=O) groups is 1.